The summed E-state index contributed by atoms with van der Waals surface area (Å²) in [5.74, 6) is 1.87. The normalized spacial score (nSPS) is 15.2. The molecule has 3 rings (SSSR count). The molecule has 1 fully saturated rings. The molecular formula is C19H22N2O. The molecule has 0 aliphatic carbocycles. The van der Waals surface area contributed by atoms with E-state index in [-0.39, 0.29) is 0 Å². The van der Waals surface area contributed by atoms with Gasteiger partial charge in [0.25, 0.3) is 0 Å². The summed E-state index contributed by atoms with van der Waals surface area (Å²) in [6.07, 6.45) is 2.47. The maximum atomic E-state index is 5.50. The fourth-order valence-corrected chi connectivity index (χ4v) is 2.83. The lowest BCUT2D eigenvalue weighted by Gasteiger charge is -2.21. The van der Waals surface area contributed by atoms with Crippen molar-refractivity contribution in [3.8, 4) is 5.75 Å². The van der Waals surface area contributed by atoms with Gasteiger partial charge in [-0.1, -0.05) is 36.4 Å². The Morgan fingerprint density at radius 1 is 1.05 bits per heavy atom. The van der Waals surface area contributed by atoms with Gasteiger partial charge in [-0.3, -0.25) is 0 Å². The first-order chi connectivity index (χ1) is 10.8. The number of ether oxygens (including phenoxy) is 1. The van der Waals surface area contributed by atoms with Gasteiger partial charge in [0, 0.05) is 18.7 Å². The van der Waals surface area contributed by atoms with Gasteiger partial charge in [-0.05, 0) is 37.5 Å². The quantitative estimate of drug-likeness (QED) is 0.626. The zero-order chi connectivity index (χ0) is 15.4. The Morgan fingerprint density at radius 2 is 1.77 bits per heavy atom. The molecule has 0 spiro atoms. The van der Waals surface area contributed by atoms with Crippen LogP contribution in [0.15, 0.2) is 53.5 Å². The fraction of sp³-hybridized carbons (Fsp3) is 0.316. The number of aliphatic imine (C=N–C) groups is 1. The summed E-state index contributed by atoms with van der Waals surface area (Å²) < 4.78 is 5.50. The number of hydrogen-bond acceptors (Lipinski definition) is 2. The summed E-state index contributed by atoms with van der Waals surface area (Å²) in [6.45, 7) is 4.21. The second-order valence-electron chi connectivity index (χ2n) is 5.67. The molecule has 0 amide bonds. The predicted octanol–water partition coefficient (Wildman–Crippen LogP) is 4.18. The van der Waals surface area contributed by atoms with Gasteiger partial charge in [0.2, 0.25) is 0 Å². The maximum absolute atomic E-state index is 5.50. The average molecular weight is 294 g/mol. The summed E-state index contributed by atoms with van der Waals surface area (Å²) in [4.78, 5) is 7.31. The van der Waals surface area contributed by atoms with E-state index in [1.807, 2.05) is 18.2 Å². The number of amidine groups is 1. The van der Waals surface area contributed by atoms with E-state index >= 15 is 0 Å². The first kappa shape index (κ1) is 14.6. The van der Waals surface area contributed by atoms with E-state index in [9.17, 15) is 0 Å². The van der Waals surface area contributed by atoms with Crippen molar-refractivity contribution in [3.63, 3.8) is 0 Å². The van der Waals surface area contributed by atoms with Crippen LogP contribution in [0.4, 0.5) is 5.69 Å². The number of benzene rings is 2. The maximum Gasteiger partial charge on any atom is 0.144 e. The van der Waals surface area contributed by atoms with Gasteiger partial charge in [-0.15, -0.1) is 0 Å². The van der Waals surface area contributed by atoms with Crippen LogP contribution in [0, 0.1) is 6.92 Å². The van der Waals surface area contributed by atoms with Crippen LogP contribution in [0.1, 0.15) is 24.0 Å². The zero-order valence-corrected chi connectivity index (χ0v) is 13.2. The van der Waals surface area contributed by atoms with Crippen LogP contribution in [0.2, 0.25) is 0 Å². The standard InChI is InChI=1S/C19H22N2O/c1-15-10-11-17(18(14-15)22-2)20-19(21-12-6-7-13-21)16-8-4-3-5-9-16/h3-5,8-11,14H,6-7,12-13H2,1-2H3. The lowest BCUT2D eigenvalue weighted by molar-refractivity contribution is 0.415. The van der Waals surface area contributed by atoms with Crippen LogP contribution >= 0.6 is 0 Å². The second kappa shape index (κ2) is 6.65. The first-order valence-electron chi connectivity index (χ1n) is 7.81. The van der Waals surface area contributed by atoms with Gasteiger partial charge in [0.15, 0.2) is 0 Å². The Bertz CT molecular complexity index is 658. The highest BCUT2D eigenvalue weighted by molar-refractivity contribution is 6.00. The van der Waals surface area contributed by atoms with E-state index in [2.05, 4.69) is 42.2 Å². The smallest absolute Gasteiger partial charge is 0.144 e. The van der Waals surface area contributed by atoms with Gasteiger partial charge in [0.1, 0.15) is 17.3 Å². The third-order valence-corrected chi connectivity index (χ3v) is 4.00. The third kappa shape index (κ3) is 3.14. The molecule has 0 unspecified atom stereocenters. The van der Waals surface area contributed by atoms with E-state index < -0.39 is 0 Å². The molecule has 2 aromatic carbocycles. The topological polar surface area (TPSA) is 24.8 Å². The number of rotatable bonds is 3. The SMILES string of the molecule is COc1cc(C)ccc1N=C(c1ccccc1)N1CCCC1. The van der Waals surface area contributed by atoms with E-state index in [0.717, 1.165) is 35.9 Å². The molecule has 22 heavy (non-hydrogen) atoms. The lowest BCUT2D eigenvalue weighted by atomic mass is 10.1. The molecule has 1 aliphatic rings. The Morgan fingerprint density at radius 3 is 2.45 bits per heavy atom. The van der Waals surface area contributed by atoms with Crippen LogP contribution in [0.3, 0.4) is 0 Å². The molecule has 3 nitrogen and oxygen atoms in total. The molecule has 0 N–H and O–H groups in total. The summed E-state index contributed by atoms with van der Waals surface area (Å²) in [6, 6.07) is 16.6. The van der Waals surface area contributed by atoms with E-state index in [0.29, 0.717) is 0 Å². The van der Waals surface area contributed by atoms with Crippen LogP contribution in [0.5, 0.6) is 5.75 Å². The van der Waals surface area contributed by atoms with Crippen LogP contribution < -0.4 is 4.74 Å². The van der Waals surface area contributed by atoms with Crippen LogP contribution in [0.25, 0.3) is 0 Å². The molecule has 3 heteroatoms. The molecule has 0 saturated carbocycles. The largest absolute Gasteiger partial charge is 0.494 e. The predicted molar refractivity (Wildman–Crippen MR) is 91.2 cm³/mol. The highest BCUT2D eigenvalue weighted by atomic mass is 16.5. The zero-order valence-electron chi connectivity index (χ0n) is 13.2. The van der Waals surface area contributed by atoms with E-state index in [1.54, 1.807) is 7.11 Å². The minimum atomic E-state index is 0.827. The molecular weight excluding hydrogens is 272 g/mol. The number of methoxy groups -OCH3 is 1. The van der Waals surface area contributed by atoms with E-state index in [1.165, 1.54) is 18.4 Å². The molecule has 1 saturated heterocycles. The molecule has 2 aromatic rings. The monoisotopic (exact) mass is 294 g/mol. The molecule has 1 heterocycles. The van der Waals surface area contributed by atoms with Crippen molar-refractivity contribution in [1.82, 2.24) is 4.90 Å². The van der Waals surface area contributed by atoms with Gasteiger partial charge >= 0.3 is 0 Å². The number of likely N-dealkylation sites (tertiary alicyclic amines) is 1. The van der Waals surface area contributed by atoms with Gasteiger partial charge < -0.3 is 9.64 Å². The average Bonchev–Trinajstić information content (AvgIpc) is 3.08. The Balaban J connectivity index is 2.05. The Labute approximate surface area is 132 Å². The van der Waals surface area contributed by atoms with Crippen molar-refractivity contribution in [3.05, 3.63) is 59.7 Å². The van der Waals surface area contributed by atoms with Crippen LogP contribution in [-0.2, 0) is 0 Å². The van der Waals surface area contributed by atoms with Crippen molar-refractivity contribution in [2.45, 2.75) is 19.8 Å². The summed E-state index contributed by atoms with van der Waals surface area (Å²) >= 11 is 0. The molecule has 0 bridgehead atoms. The summed E-state index contributed by atoms with van der Waals surface area (Å²) in [5, 5.41) is 0. The molecule has 0 atom stereocenters. The lowest BCUT2D eigenvalue weighted by Crippen LogP contribution is -2.28. The van der Waals surface area contributed by atoms with Crippen molar-refractivity contribution in [1.29, 1.82) is 0 Å². The Kier molecular flexibility index (Phi) is 4.42. The fourth-order valence-electron chi connectivity index (χ4n) is 2.83. The second-order valence-corrected chi connectivity index (χ2v) is 5.67. The van der Waals surface area contributed by atoms with Crippen molar-refractivity contribution in [2.75, 3.05) is 20.2 Å². The minimum Gasteiger partial charge on any atom is -0.494 e. The molecule has 0 radical (unpaired) electrons. The first-order valence-corrected chi connectivity index (χ1v) is 7.81. The van der Waals surface area contributed by atoms with Gasteiger partial charge in [-0.25, -0.2) is 4.99 Å². The van der Waals surface area contributed by atoms with Crippen molar-refractivity contribution < 1.29 is 4.74 Å². The summed E-state index contributed by atoms with van der Waals surface area (Å²) in [5.41, 5.74) is 3.23. The molecule has 114 valence electrons. The third-order valence-electron chi connectivity index (χ3n) is 4.00. The van der Waals surface area contributed by atoms with Crippen molar-refractivity contribution in [2.24, 2.45) is 4.99 Å². The Hall–Kier alpha value is -2.29. The van der Waals surface area contributed by atoms with Crippen molar-refractivity contribution >= 4 is 11.5 Å². The highest BCUT2D eigenvalue weighted by Crippen LogP contribution is 2.30. The van der Waals surface area contributed by atoms with Gasteiger partial charge in [0.05, 0.1) is 7.11 Å². The molecule has 1 aliphatic heterocycles. The number of hydrogen-bond donors (Lipinski definition) is 0. The number of nitrogens with zero attached hydrogens (tertiary/aromatic N) is 2. The number of aryl methyl sites for hydroxylation is 1. The van der Waals surface area contributed by atoms with Gasteiger partial charge in [-0.2, -0.15) is 0 Å². The highest BCUT2D eigenvalue weighted by Gasteiger charge is 2.18. The van der Waals surface area contributed by atoms with Crippen LogP contribution in [-0.4, -0.2) is 30.9 Å². The van der Waals surface area contributed by atoms with E-state index in [4.69, 9.17) is 9.73 Å². The summed E-state index contributed by atoms with van der Waals surface area (Å²) in [7, 11) is 1.70. The minimum absolute atomic E-state index is 0.827. The molecule has 0 aromatic heterocycles.